The fourth-order valence-corrected chi connectivity index (χ4v) is 5.22. The first-order chi connectivity index (χ1) is 9.49. The second-order valence-corrected chi connectivity index (χ2v) is 8.16. The molecule has 0 saturated carbocycles. The van der Waals surface area contributed by atoms with E-state index in [-0.39, 0.29) is 5.75 Å². The molecule has 1 atom stereocenters. The molecule has 20 heavy (non-hydrogen) atoms. The maximum atomic E-state index is 12.2. The molecule has 1 aromatic carbocycles. The average Bonchev–Trinajstić information content (AvgIpc) is 2.47. The number of hydrogen-bond donors (Lipinski definition) is 1. The molecule has 0 aliphatic carbocycles. The largest absolute Gasteiger partial charge is 0.399 e. The van der Waals surface area contributed by atoms with Gasteiger partial charge in [-0.2, -0.15) is 17.0 Å². The number of rotatable bonds is 3. The molecule has 7 heteroatoms. The van der Waals surface area contributed by atoms with E-state index >= 15 is 0 Å². The van der Waals surface area contributed by atoms with E-state index in [1.807, 2.05) is 4.90 Å². The molecule has 108 valence electrons. The smallest absolute Gasteiger partial charge is 0.171 e. The molecule has 1 aliphatic heterocycles. The van der Waals surface area contributed by atoms with Gasteiger partial charge in [-0.05, 0) is 18.2 Å². The summed E-state index contributed by atoms with van der Waals surface area (Å²) in [5.74, 6) is 1.49. The molecule has 1 heterocycles. The molecule has 2 rings (SSSR count). The summed E-state index contributed by atoms with van der Waals surface area (Å²) in [6, 6.07) is 7.13. The lowest BCUT2D eigenvalue weighted by Gasteiger charge is -2.36. The zero-order chi connectivity index (χ0) is 14.8. The van der Waals surface area contributed by atoms with E-state index in [0.717, 1.165) is 5.75 Å². The molecular weight excluding hydrogens is 294 g/mol. The highest BCUT2D eigenvalue weighted by Crippen LogP contribution is 2.30. The SMILES string of the molecule is CCS(=O)(=O)C1CSCCN1c1ccc(N)cc1C#N. The Kier molecular flexibility index (Phi) is 4.45. The van der Waals surface area contributed by atoms with Crippen molar-refractivity contribution >= 4 is 33.0 Å². The summed E-state index contributed by atoms with van der Waals surface area (Å²) < 4.78 is 24.5. The number of nitrogens with zero attached hydrogens (tertiary/aromatic N) is 2. The lowest BCUT2D eigenvalue weighted by molar-refractivity contribution is 0.579. The molecule has 0 bridgehead atoms. The van der Waals surface area contributed by atoms with Gasteiger partial charge < -0.3 is 10.6 Å². The number of hydrogen-bond acceptors (Lipinski definition) is 6. The van der Waals surface area contributed by atoms with Crippen molar-refractivity contribution in [3.8, 4) is 6.07 Å². The van der Waals surface area contributed by atoms with Crippen molar-refractivity contribution in [2.24, 2.45) is 0 Å². The van der Waals surface area contributed by atoms with Gasteiger partial charge in [0.25, 0.3) is 0 Å². The van der Waals surface area contributed by atoms with E-state index in [9.17, 15) is 13.7 Å². The number of anilines is 2. The zero-order valence-electron chi connectivity index (χ0n) is 11.2. The molecule has 1 unspecified atom stereocenters. The van der Waals surface area contributed by atoms with Crippen LogP contribution in [0.2, 0.25) is 0 Å². The molecular formula is C13H17N3O2S2. The summed E-state index contributed by atoms with van der Waals surface area (Å²) in [5.41, 5.74) is 7.27. The van der Waals surface area contributed by atoms with Crippen molar-refractivity contribution in [3.63, 3.8) is 0 Å². The maximum Gasteiger partial charge on any atom is 0.171 e. The highest BCUT2D eigenvalue weighted by Gasteiger charge is 2.33. The Bertz CT molecular complexity index is 638. The number of nitrogen functional groups attached to an aromatic ring is 1. The summed E-state index contributed by atoms with van der Waals surface area (Å²) in [5, 5.41) is 8.67. The summed E-state index contributed by atoms with van der Waals surface area (Å²) in [4.78, 5) is 1.83. The highest BCUT2D eigenvalue weighted by molar-refractivity contribution is 8.01. The third kappa shape index (κ3) is 2.86. The Hall–Kier alpha value is -1.39. The Morgan fingerprint density at radius 1 is 1.55 bits per heavy atom. The van der Waals surface area contributed by atoms with Gasteiger partial charge in [-0.3, -0.25) is 0 Å². The van der Waals surface area contributed by atoms with Gasteiger partial charge in [-0.15, -0.1) is 0 Å². The van der Waals surface area contributed by atoms with Crippen LogP contribution in [0.3, 0.4) is 0 Å². The van der Waals surface area contributed by atoms with Gasteiger partial charge in [0, 0.05) is 29.5 Å². The lowest BCUT2D eigenvalue weighted by atomic mass is 10.1. The van der Waals surface area contributed by atoms with E-state index in [2.05, 4.69) is 6.07 Å². The van der Waals surface area contributed by atoms with Gasteiger partial charge >= 0.3 is 0 Å². The normalized spacial score (nSPS) is 19.6. The van der Waals surface area contributed by atoms with Gasteiger partial charge in [0.05, 0.1) is 11.3 Å². The molecule has 0 spiro atoms. The number of nitrogens with two attached hydrogens (primary N) is 1. The average molecular weight is 311 g/mol. The quantitative estimate of drug-likeness (QED) is 0.850. The molecule has 0 aromatic heterocycles. The van der Waals surface area contributed by atoms with Crippen LogP contribution in [0, 0.1) is 11.3 Å². The second kappa shape index (κ2) is 5.94. The minimum Gasteiger partial charge on any atom is -0.399 e. The Morgan fingerprint density at radius 3 is 2.95 bits per heavy atom. The third-order valence-corrected chi connectivity index (χ3v) is 6.64. The lowest BCUT2D eigenvalue weighted by Crippen LogP contribution is -2.48. The number of sulfone groups is 1. The summed E-state index contributed by atoms with van der Waals surface area (Å²) >= 11 is 1.63. The van der Waals surface area contributed by atoms with Gasteiger partial charge in [0.1, 0.15) is 11.4 Å². The van der Waals surface area contributed by atoms with Gasteiger partial charge in [0.2, 0.25) is 0 Å². The van der Waals surface area contributed by atoms with Crippen molar-refractivity contribution in [1.82, 2.24) is 0 Å². The van der Waals surface area contributed by atoms with Crippen LogP contribution in [-0.4, -0.2) is 37.6 Å². The van der Waals surface area contributed by atoms with E-state index in [1.165, 1.54) is 0 Å². The molecule has 0 radical (unpaired) electrons. The first-order valence-corrected chi connectivity index (χ1v) is 9.22. The molecule has 1 aromatic rings. The topological polar surface area (TPSA) is 87.2 Å². The Morgan fingerprint density at radius 2 is 2.30 bits per heavy atom. The molecule has 2 N–H and O–H groups in total. The van der Waals surface area contributed by atoms with Gasteiger partial charge in [0.15, 0.2) is 9.84 Å². The van der Waals surface area contributed by atoms with Crippen molar-refractivity contribution in [2.45, 2.75) is 12.3 Å². The number of thioether (sulfide) groups is 1. The summed E-state index contributed by atoms with van der Waals surface area (Å²) in [6.45, 7) is 2.27. The van der Waals surface area contributed by atoms with Gasteiger partial charge in [-0.1, -0.05) is 6.92 Å². The van der Waals surface area contributed by atoms with Crippen LogP contribution in [0.5, 0.6) is 0 Å². The first-order valence-electron chi connectivity index (χ1n) is 6.35. The van der Waals surface area contributed by atoms with Crippen LogP contribution in [0.1, 0.15) is 12.5 Å². The highest BCUT2D eigenvalue weighted by atomic mass is 32.2. The maximum absolute atomic E-state index is 12.2. The van der Waals surface area contributed by atoms with E-state index in [4.69, 9.17) is 5.73 Å². The third-order valence-electron chi connectivity index (χ3n) is 3.35. The standard InChI is InChI=1S/C13H17N3O2S2/c1-2-20(17,18)13-9-19-6-5-16(13)12-4-3-11(15)7-10(12)8-14/h3-4,7,13H,2,5-6,9,15H2,1H3. The predicted molar refractivity (Wildman–Crippen MR) is 83.5 cm³/mol. The zero-order valence-corrected chi connectivity index (χ0v) is 12.9. The van der Waals surface area contributed by atoms with E-state index in [1.54, 1.807) is 36.9 Å². The minimum absolute atomic E-state index is 0.103. The molecule has 0 amide bonds. The molecule has 1 saturated heterocycles. The number of nitriles is 1. The molecule has 1 aliphatic rings. The van der Waals surface area contributed by atoms with Crippen LogP contribution in [-0.2, 0) is 9.84 Å². The first kappa shape index (κ1) is 15.0. The van der Waals surface area contributed by atoms with Crippen LogP contribution in [0.15, 0.2) is 18.2 Å². The minimum atomic E-state index is -3.19. The Labute approximate surface area is 123 Å². The van der Waals surface area contributed by atoms with Gasteiger partial charge in [-0.25, -0.2) is 8.42 Å². The monoisotopic (exact) mass is 311 g/mol. The van der Waals surface area contributed by atoms with Crippen LogP contribution < -0.4 is 10.6 Å². The fourth-order valence-electron chi connectivity index (χ4n) is 2.24. The van der Waals surface area contributed by atoms with Crippen LogP contribution in [0.25, 0.3) is 0 Å². The van der Waals surface area contributed by atoms with Crippen LogP contribution in [0.4, 0.5) is 11.4 Å². The fraction of sp³-hybridized carbons (Fsp3) is 0.462. The van der Waals surface area contributed by atoms with Crippen molar-refractivity contribution in [2.75, 3.05) is 34.4 Å². The van der Waals surface area contributed by atoms with Crippen molar-refractivity contribution in [3.05, 3.63) is 23.8 Å². The van der Waals surface area contributed by atoms with Crippen molar-refractivity contribution < 1.29 is 8.42 Å². The molecule has 1 fully saturated rings. The van der Waals surface area contributed by atoms with Crippen LogP contribution >= 0.6 is 11.8 Å². The Balaban J connectivity index is 2.46. The second-order valence-electron chi connectivity index (χ2n) is 4.56. The summed E-state index contributed by atoms with van der Waals surface area (Å²) in [6.07, 6.45) is 0. The summed E-state index contributed by atoms with van der Waals surface area (Å²) in [7, 11) is -3.19. The molecule has 5 nitrogen and oxygen atoms in total. The van der Waals surface area contributed by atoms with E-state index in [0.29, 0.717) is 29.2 Å². The number of benzene rings is 1. The van der Waals surface area contributed by atoms with E-state index < -0.39 is 15.2 Å². The predicted octanol–water partition coefficient (Wildman–Crippen LogP) is 1.45. The van der Waals surface area contributed by atoms with Crippen molar-refractivity contribution in [1.29, 1.82) is 5.26 Å².